The maximum Gasteiger partial charge on any atom is 0.326 e. The molecule has 1 aromatic rings. The lowest BCUT2D eigenvalue weighted by Crippen LogP contribution is -2.42. The van der Waals surface area contributed by atoms with Crippen molar-refractivity contribution in [2.45, 2.75) is 19.4 Å². The highest BCUT2D eigenvalue weighted by Gasteiger charge is 2.26. The van der Waals surface area contributed by atoms with Crippen molar-refractivity contribution in [3.63, 3.8) is 0 Å². The van der Waals surface area contributed by atoms with Gasteiger partial charge < -0.3 is 10.0 Å². The maximum absolute atomic E-state index is 12.1. The first-order valence-electron chi connectivity index (χ1n) is 5.23. The minimum absolute atomic E-state index is 0.299. The molecular weight excluding hydrogens is 286 g/mol. The molecule has 0 spiro atoms. The van der Waals surface area contributed by atoms with Gasteiger partial charge in [0.25, 0.3) is 5.91 Å². The fourth-order valence-electron chi connectivity index (χ4n) is 1.58. The largest absolute Gasteiger partial charge is 0.480 e. The fourth-order valence-corrected chi connectivity index (χ4v) is 2.03. The summed E-state index contributed by atoms with van der Waals surface area (Å²) in [6.45, 7) is 1.74. The van der Waals surface area contributed by atoms with Crippen molar-refractivity contribution in [1.29, 1.82) is 0 Å². The third-order valence-electron chi connectivity index (χ3n) is 2.56. The van der Waals surface area contributed by atoms with Crippen LogP contribution < -0.4 is 0 Å². The van der Waals surface area contributed by atoms with Crippen LogP contribution in [0.3, 0.4) is 0 Å². The zero-order valence-corrected chi connectivity index (χ0v) is 11.3. The topological polar surface area (TPSA) is 57.6 Å². The summed E-state index contributed by atoms with van der Waals surface area (Å²) in [4.78, 5) is 24.3. The van der Waals surface area contributed by atoms with Gasteiger partial charge in [-0.05, 0) is 34.5 Å². The number of hydrogen-bond acceptors (Lipinski definition) is 2. The molecule has 0 fully saturated rings. The average molecular weight is 300 g/mol. The van der Waals surface area contributed by atoms with Gasteiger partial charge in [0, 0.05) is 11.5 Å². The van der Waals surface area contributed by atoms with Gasteiger partial charge in [0.1, 0.15) is 6.04 Å². The number of carbonyl (C=O) groups is 2. The van der Waals surface area contributed by atoms with E-state index in [9.17, 15) is 9.59 Å². The molecule has 17 heavy (non-hydrogen) atoms. The van der Waals surface area contributed by atoms with Crippen molar-refractivity contribution in [3.05, 3.63) is 34.3 Å². The van der Waals surface area contributed by atoms with Crippen LogP contribution in [-0.4, -0.2) is 35.0 Å². The lowest BCUT2D eigenvalue weighted by molar-refractivity contribution is -0.142. The molecule has 1 rings (SSSR count). The van der Waals surface area contributed by atoms with E-state index in [4.69, 9.17) is 5.11 Å². The van der Waals surface area contributed by atoms with Crippen LogP contribution in [0.1, 0.15) is 23.7 Å². The van der Waals surface area contributed by atoms with E-state index in [-0.39, 0.29) is 5.91 Å². The Labute approximate surface area is 108 Å². The molecule has 0 aliphatic carbocycles. The van der Waals surface area contributed by atoms with E-state index < -0.39 is 12.0 Å². The SMILES string of the molecule is CCC(C(=O)O)N(C)C(=O)c1ccccc1Br. The van der Waals surface area contributed by atoms with Crippen molar-refractivity contribution < 1.29 is 14.7 Å². The number of likely N-dealkylation sites (N-methyl/N-ethyl adjacent to an activating group) is 1. The Morgan fingerprint density at radius 2 is 2.00 bits per heavy atom. The number of aliphatic carboxylic acids is 1. The lowest BCUT2D eigenvalue weighted by Gasteiger charge is -2.24. The van der Waals surface area contributed by atoms with Gasteiger partial charge in [0.2, 0.25) is 0 Å². The Kier molecular flexibility index (Phi) is 4.69. The van der Waals surface area contributed by atoms with Gasteiger partial charge in [0.15, 0.2) is 0 Å². The van der Waals surface area contributed by atoms with Crippen molar-refractivity contribution in [1.82, 2.24) is 4.90 Å². The van der Waals surface area contributed by atoms with Crippen LogP contribution in [-0.2, 0) is 4.79 Å². The predicted molar refractivity (Wildman–Crippen MR) is 68.0 cm³/mol. The summed E-state index contributed by atoms with van der Waals surface area (Å²) in [6, 6.07) is 6.16. The summed E-state index contributed by atoms with van der Waals surface area (Å²) in [5.41, 5.74) is 0.467. The van der Waals surface area contributed by atoms with Crippen LogP contribution in [0, 0.1) is 0 Å². The molecule has 1 unspecified atom stereocenters. The van der Waals surface area contributed by atoms with Crippen LogP contribution >= 0.6 is 15.9 Å². The Bertz CT molecular complexity index is 434. The van der Waals surface area contributed by atoms with Crippen molar-refractivity contribution in [2.75, 3.05) is 7.05 Å². The zero-order chi connectivity index (χ0) is 13.0. The monoisotopic (exact) mass is 299 g/mol. The highest BCUT2D eigenvalue weighted by atomic mass is 79.9. The molecular formula is C12H14BrNO3. The molecule has 1 atom stereocenters. The number of carbonyl (C=O) groups excluding carboxylic acids is 1. The second-order valence-corrected chi connectivity index (χ2v) is 4.51. The third kappa shape index (κ3) is 3.06. The average Bonchev–Trinajstić information content (AvgIpc) is 2.29. The number of amides is 1. The van der Waals surface area contributed by atoms with Crippen molar-refractivity contribution >= 4 is 27.8 Å². The first-order valence-corrected chi connectivity index (χ1v) is 6.02. The minimum Gasteiger partial charge on any atom is -0.480 e. The molecule has 0 saturated heterocycles. The highest BCUT2D eigenvalue weighted by Crippen LogP contribution is 2.18. The van der Waals surface area contributed by atoms with Gasteiger partial charge in [-0.25, -0.2) is 4.79 Å². The van der Waals surface area contributed by atoms with E-state index in [2.05, 4.69) is 15.9 Å². The summed E-state index contributed by atoms with van der Waals surface area (Å²) in [5.74, 6) is -1.29. The van der Waals surface area contributed by atoms with Gasteiger partial charge in [-0.3, -0.25) is 4.79 Å². The quantitative estimate of drug-likeness (QED) is 0.929. The molecule has 4 nitrogen and oxygen atoms in total. The summed E-state index contributed by atoms with van der Waals surface area (Å²) < 4.78 is 0.664. The van der Waals surface area contributed by atoms with Crippen LogP contribution in [0.2, 0.25) is 0 Å². The summed E-state index contributed by atoms with van der Waals surface area (Å²) in [6.07, 6.45) is 0.377. The molecule has 0 heterocycles. The first-order chi connectivity index (χ1) is 7.99. The zero-order valence-electron chi connectivity index (χ0n) is 9.68. The smallest absolute Gasteiger partial charge is 0.326 e. The fraction of sp³-hybridized carbons (Fsp3) is 0.333. The second-order valence-electron chi connectivity index (χ2n) is 3.66. The molecule has 1 N–H and O–H groups in total. The number of carboxylic acids is 1. The molecule has 5 heteroatoms. The standard InChI is InChI=1S/C12H14BrNO3/c1-3-10(12(16)17)14(2)11(15)8-6-4-5-7-9(8)13/h4-7,10H,3H2,1-2H3,(H,16,17). The van der Waals surface area contributed by atoms with Crippen LogP contribution in [0.5, 0.6) is 0 Å². The molecule has 0 radical (unpaired) electrons. The van der Waals surface area contributed by atoms with Crippen molar-refractivity contribution in [3.8, 4) is 0 Å². The van der Waals surface area contributed by atoms with Gasteiger partial charge in [0.05, 0.1) is 5.56 Å². The summed E-state index contributed by atoms with van der Waals surface area (Å²) in [7, 11) is 1.50. The van der Waals surface area contributed by atoms with E-state index in [0.29, 0.717) is 16.5 Å². The molecule has 0 saturated carbocycles. The normalized spacial score (nSPS) is 11.9. The highest BCUT2D eigenvalue weighted by molar-refractivity contribution is 9.10. The molecule has 0 bridgehead atoms. The molecule has 1 aromatic carbocycles. The molecule has 1 amide bonds. The predicted octanol–water partition coefficient (Wildman–Crippen LogP) is 2.38. The molecule has 0 aromatic heterocycles. The van der Waals surface area contributed by atoms with Gasteiger partial charge in [-0.15, -0.1) is 0 Å². The lowest BCUT2D eigenvalue weighted by atomic mass is 10.1. The number of hydrogen-bond donors (Lipinski definition) is 1. The maximum atomic E-state index is 12.1. The van der Waals surface area contributed by atoms with E-state index in [1.165, 1.54) is 11.9 Å². The van der Waals surface area contributed by atoms with E-state index in [1.807, 2.05) is 0 Å². The Morgan fingerprint density at radius 3 is 2.47 bits per heavy atom. The number of halogens is 1. The second kappa shape index (κ2) is 5.82. The first kappa shape index (κ1) is 13.7. The molecule has 92 valence electrons. The Morgan fingerprint density at radius 1 is 1.41 bits per heavy atom. The number of nitrogens with zero attached hydrogens (tertiary/aromatic N) is 1. The van der Waals surface area contributed by atoms with E-state index >= 15 is 0 Å². The van der Waals surface area contributed by atoms with Gasteiger partial charge >= 0.3 is 5.97 Å². The van der Waals surface area contributed by atoms with Gasteiger partial charge in [-0.1, -0.05) is 19.1 Å². The molecule has 0 aliphatic heterocycles. The summed E-state index contributed by atoms with van der Waals surface area (Å²) >= 11 is 3.28. The van der Waals surface area contributed by atoms with Crippen LogP contribution in [0.4, 0.5) is 0 Å². The Hall–Kier alpha value is -1.36. The summed E-state index contributed by atoms with van der Waals surface area (Å²) in [5, 5.41) is 9.00. The van der Waals surface area contributed by atoms with E-state index in [0.717, 1.165) is 0 Å². The Balaban J connectivity index is 2.98. The number of benzene rings is 1. The molecule has 0 aliphatic rings. The number of rotatable bonds is 4. The van der Waals surface area contributed by atoms with Crippen LogP contribution in [0.25, 0.3) is 0 Å². The third-order valence-corrected chi connectivity index (χ3v) is 3.26. The van der Waals surface area contributed by atoms with Crippen molar-refractivity contribution in [2.24, 2.45) is 0 Å². The van der Waals surface area contributed by atoms with Crippen LogP contribution in [0.15, 0.2) is 28.7 Å². The minimum atomic E-state index is -0.990. The number of carboxylic acid groups (broad SMARTS) is 1. The van der Waals surface area contributed by atoms with Gasteiger partial charge in [-0.2, -0.15) is 0 Å². The van der Waals surface area contributed by atoms with E-state index in [1.54, 1.807) is 31.2 Å².